The van der Waals surface area contributed by atoms with Gasteiger partial charge in [0.15, 0.2) is 5.96 Å². The molecule has 86 valence electrons. The number of nitrogens with zero attached hydrogens (tertiary/aromatic N) is 2. The minimum Gasteiger partial charge on any atom is -0.370 e. The molecule has 1 unspecified atom stereocenters. The molecule has 1 heterocycles. The Labute approximate surface area is 97.0 Å². The Kier molecular flexibility index (Phi) is 2.62. The number of likely N-dealkylation sites (N-methyl/N-ethyl adjacent to an activating group) is 1. The lowest BCUT2D eigenvalue weighted by molar-refractivity contribution is 0.234. The Bertz CT molecular complexity index is 425. The summed E-state index contributed by atoms with van der Waals surface area (Å²) in [5.74, 6) is 0.660. The molecule has 0 fully saturated rings. The van der Waals surface area contributed by atoms with Gasteiger partial charge in [0, 0.05) is 6.54 Å². The SMILES string of the molecule is CCN1C(N)=NCC1(C)c1ccccc1C. The summed E-state index contributed by atoms with van der Waals surface area (Å²) >= 11 is 0. The van der Waals surface area contributed by atoms with E-state index in [1.165, 1.54) is 11.1 Å². The van der Waals surface area contributed by atoms with Gasteiger partial charge in [-0.1, -0.05) is 24.3 Å². The van der Waals surface area contributed by atoms with Gasteiger partial charge in [-0.2, -0.15) is 0 Å². The van der Waals surface area contributed by atoms with Crippen LogP contribution in [0.4, 0.5) is 0 Å². The molecule has 0 saturated heterocycles. The second kappa shape index (κ2) is 3.81. The molecule has 0 radical (unpaired) electrons. The molecule has 2 rings (SSSR count). The maximum absolute atomic E-state index is 5.93. The van der Waals surface area contributed by atoms with Gasteiger partial charge in [0.05, 0.1) is 12.1 Å². The zero-order valence-electron chi connectivity index (χ0n) is 10.2. The van der Waals surface area contributed by atoms with Gasteiger partial charge in [-0.15, -0.1) is 0 Å². The number of aliphatic imine (C=N–C) groups is 1. The Morgan fingerprint density at radius 3 is 2.75 bits per heavy atom. The van der Waals surface area contributed by atoms with Crippen molar-refractivity contribution in [3.8, 4) is 0 Å². The van der Waals surface area contributed by atoms with Crippen LogP contribution >= 0.6 is 0 Å². The van der Waals surface area contributed by atoms with Gasteiger partial charge >= 0.3 is 0 Å². The third-order valence-electron chi connectivity index (χ3n) is 3.46. The first kappa shape index (κ1) is 11.0. The second-order valence-electron chi connectivity index (χ2n) is 4.51. The van der Waals surface area contributed by atoms with Crippen LogP contribution in [0, 0.1) is 6.92 Å². The van der Waals surface area contributed by atoms with Gasteiger partial charge in [-0.3, -0.25) is 4.99 Å². The van der Waals surface area contributed by atoms with Gasteiger partial charge in [0.2, 0.25) is 0 Å². The van der Waals surface area contributed by atoms with Crippen molar-refractivity contribution in [3.05, 3.63) is 35.4 Å². The number of rotatable bonds is 2. The summed E-state index contributed by atoms with van der Waals surface area (Å²) in [6, 6.07) is 8.46. The maximum Gasteiger partial charge on any atom is 0.192 e. The summed E-state index contributed by atoms with van der Waals surface area (Å²) in [6.07, 6.45) is 0. The van der Waals surface area contributed by atoms with E-state index in [1.54, 1.807) is 0 Å². The topological polar surface area (TPSA) is 41.6 Å². The van der Waals surface area contributed by atoms with E-state index in [9.17, 15) is 0 Å². The fraction of sp³-hybridized carbons (Fsp3) is 0.462. The van der Waals surface area contributed by atoms with Crippen LogP contribution in [-0.4, -0.2) is 23.9 Å². The van der Waals surface area contributed by atoms with Gasteiger partial charge in [0.1, 0.15) is 0 Å². The highest BCUT2D eigenvalue weighted by Gasteiger charge is 2.39. The number of aryl methyl sites for hydroxylation is 1. The summed E-state index contributed by atoms with van der Waals surface area (Å²) in [5, 5.41) is 0. The largest absolute Gasteiger partial charge is 0.370 e. The standard InChI is InChI=1S/C13H19N3/c1-4-16-12(14)15-9-13(16,3)11-8-6-5-7-10(11)2/h5-8H,4,9H2,1-3H3,(H2,14,15). The summed E-state index contributed by atoms with van der Waals surface area (Å²) in [6.45, 7) is 8.10. The minimum absolute atomic E-state index is 0.0792. The maximum atomic E-state index is 5.93. The third kappa shape index (κ3) is 1.47. The molecule has 1 aliphatic rings. The molecule has 0 bridgehead atoms. The molecular formula is C13H19N3. The summed E-state index contributed by atoms with van der Waals surface area (Å²) < 4.78 is 0. The van der Waals surface area contributed by atoms with Gasteiger partial charge in [0.25, 0.3) is 0 Å². The van der Waals surface area contributed by atoms with Crippen molar-refractivity contribution < 1.29 is 0 Å². The van der Waals surface area contributed by atoms with E-state index in [2.05, 4.69) is 54.9 Å². The average molecular weight is 217 g/mol. The van der Waals surface area contributed by atoms with Crippen LogP contribution in [0.25, 0.3) is 0 Å². The first-order chi connectivity index (χ1) is 7.59. The van der Waals surface area contributed by atoms with Crippen LogP contribution in [0.2, 0.25) is 0 Å². The minimum atomic E-state index is -0.0792. The van der Waals surface area contributed by atoms with Crippen molar-refractivity contribution >= 4 is 5.96 Å². The van der Waals surface area contributed by atoms with E-state index >= 15 is 0 Å². The summed E-state index contributed by atoms with van der Waals surface area (Å²) in [7, 11) is 0. The van der Waals surface area contributed by atoms with E-state index in [1.807, 2.05) is 0 Å². The Balaban J connectivity index is 2.45. The van der Waals surface area contributed by atoms with Crippen molar-refractivity contribution in [1.29, 1.82) is 0 Å². The highest BCUT2D eigenvalue weighted by molar-refractivity contribution is 5.81. The molecule has 1 aliphatic heterocycles. The molecule has 0 saturated carbocycles. The molecule has 2 N–H and O–H groups in total. The fourth-order valence-electron chi connectivity index (χ4n) is 2.58. The second-order valence-corrected chi connectivity index (χ2v) is 4.51. The highest BCUT2D eigenvalue weighted by Crippen LogP contribution is 2.33. The Morgan fingerprint density at radius 1 is 1.44 bits per heavy atom. The lowest BCUT2D eigenvalue weighted by atomic mass is 9.88. The molecule has 0 aliphatic carbocycles. The first-order valence-electron chi connectivity index (χ1n) is 5.73. The molecule has 3 nitrogen and oxygen atoms in total. The molecule has 0 aromatic heterocycles. The Hall–Kier alpha value is -1.51. The molecule has 1 aromatic carbocycles. The Morgan fingerprint density at radius 2 is 2.12 bits per heavy atom. The fourth-order valence-corrected chi connectivity index (χ4v) is 2.58. The predicted octanol–water partition coefficient (Wildman–Crippen LogP) is 1.86. The van der Waals surface area contributed by atoms with E-state index in [0.717, 1.165) is 13.1 Å². The van der Waals surface area contributed by atoms with Crippen molar-refractivity contribution in [1.82, 2.24) is 4.90 Å². The molecule has 1 aromatic rings. The van der Waals surface area contributed by atoms with Crippen LogP contribution < -0.4 is 5.73 Å². The van der Waals surface area contributed by atoms with Crippen molar-refractivity contribution in [2.45, 2.75) is 26.3 Å². The quantitative estimate of drug-likeness (QED) is 0.821. The van der Waals surface area contributed by atoms with E-state index < -0.39 is 0 Å². The van der Waals surface area contributed by atoms with Crippen molar-refractivity contribution in [2.24, 2.45) is 10.7 Å². The normalized spacial score (nSPS) is 24.7. The molecule has 0 spiro atoms. The zero-order chi connectivity index (χ0) is 11.8. The van der Waals surface area contributed by atoms with Crippen LogP contribution in [-0.2, 0) is 5.54 Å². The van der Waals surface area contributed by atoms with Gasteiger partial charge < -0.3 is 10.6 Å². The van der Waals surface area contributed by atoms with Crippen LogP contribution in [0.3, 0.4) is 0 Å². The molecular weight excluding hydrogens is 198 g/mol. The lowest BCUT2D eigenvalue weighted by Gasteiger charge is -2.36. The van der Waals surface area contributed by atoms with Crippen molar-refractivity contribution in [2.75, 3.05) is 13.1 Å². The van der Waals surface area contributed by atoms with Gasteiger partial charge in [-0.05, 0) is 31.9 Å². The number of hydrogen-bond acceptors (Lipinski definition) is 3. The van der Waals surface area contributed by atoms with E-state index in [4.69, 9.17) is 5.73 Å². The van der Waals surface area contributed by atoms with Crippen LogP contribution in [0.5, 0.6) is 0 Å². The predicted molar refractivity (Wildman–Crippen MR) is 67.4 cm³/mol. The number of hydrogen-bond donors (Lipinski definition) is 1. The van der Waals surface area contributed by atoms with Crippen molar-refractivity contribution in [3.63, 3.8) is 0 Å². The number of benzene rings is 1. The first-order valence-corrected chi connectivity index (χ1v) is 5.73. The monoisotopic (exact) mass is 217 g/mol. The summed E-state index contributed by atoms with van der Waals surface area (Å²) in [5.41, 5.74) is 8.47. The van der Waals surface area contributed by atoms with Crippen LogP contribution in [0.15, 0.2) is 29.3 Å². The van der Waals surface area contributed by atoms with E-state index in [0.29, 0.717) is 5.96 Å². The number of nitrogens with two attached hydrogens (primary N) is 1. The smallest absolute Gasteiger partial charge is 0.192 e. The van der Waals surface area contributed by atoms with Gasteiger partial charge in [-0.25, -0.2) is 0 Å². The zero-order valence-corrected chi connectivity index (χ0v) is 10.2. The van der Waals surface area contributed by atoms with E-state index in [-0.39, 0.29) is 5.54 Å². The average Bonchev–Trinajstić information content (AvgIpc) is 2.56. The highest BCUT2D eigenvalue weighted by atomic mass is 15.3. The molecule has 3 heteroatoms. The molecule has 1 atom stereocenters. The third-order valence-corrected chi connectivity index (χ3v) is 3.46. The lowest BCUT2D eigenvalue weighted by Crippen LogP contribution is -2.47. The number of guanidine groups is 1. The molecule has 16 heavy (non-hydrogen) atoms. The summed E-state index contributed by atoms with van der Waals surface area (Å²) in [4.78, 5) is 6.56. The van der Waals surface area contributed by atoms with Crippen LogP contribution in [0.1, 0.15) is 25.0 Å². The molecule has 0 amide bonds.